The first-order valence-corrected chi connectivity index (χ1v) is 6.37. The van der Waals surface area contributed by atoms with E-state index in [1.54, 1.807) is 6.08 Å². The number of rotatable bonds is 7. The van der Waals surface area contributed by atoms with Crippen molar-refractivity contribution in [2.45, 2.75) is 13.3 Å². The molecule has 90 valence electrons. The summed E-state index contributed by atoms with van der Waals surface area (Å²) >= 11 is 0. The molecule has 6 heteroatoms. The van der Waals surface area contributed by atoms with Crippen molar-refractivity contribution in [3.63, 3.8) is 0 Å². The smallest absolute Gasteiger partial charge is 0.412 e. The Morgan fingerprint density at radius 1 is 1.40 bits per heavy atom. The van der Waals surface area contributed by atoms with E-state index < -0.39 is 7.82 Å². The fourth-order valence-electron chi connectivity index (χ4n) is 0.677. The number of hydrogen-bond acceptors (Lipinski definition) is 3. The van der Waals surface area contributed by atoms with Crippen molar-refractivity contribution in [1.29, 1.82) is 0 Å². The van der Waals surface area contributed by atoms with Gasteiger partial charge in [-0.15, -0.1) is 0 Å². The van der Waals surface area contributed by atoms with Crippen molar-refractivity contribution >= 4 is 7.82 Å². The summed E-state index contributed by atoms with van der Waals surface area (Å²) in [7, 11) is 2.02. The van der Waals surface area contributed by atoms with Crippen LogP contribution in [-0.4, -0.2) is 43.7 Å². The Morgan fingerprint density at radius 3 is 2.47 bits per heavy atom. The first-order chi connectivity index (χ1) is 6.77. The van der Waals surface area contributed by atoms with Gasteiger partial charge in [-0.1, -0.05) is 6.92 Å². The number of phosphoric ester groups is 1. The van der Waals surface area contributed by atoms with E-state index in [9.17, 15) is 9.46 Å². The van der Waals surface area contributed by atoms with Crippen molar-refractivity contribution < 1.29 is 23.0 Å². The van der Waals surface area contributed by atoms with Gasteiger partial charge < -0.3 is 9.01 Å². The molecule has 0 aromatic heterocycles. The molecule has 1 atom stereocenters. The minimum Gasteiger partial charge on any atom is -0.412 e. The van der Waals surface area contributed by atoms with Crippen molar-refractivity contribution in [2.75, 3.05) is 34.3 Å². The first kappa shape index (κ1) is 14.6. The summed E-state index contributed by atoms with van der Waals surface area (Å²) < 4.78 is 21.3. The fraction of sp³-hybridized carbons (Fsp3) is 0.778. The van der Waals surface area contributed by atoms with Crippen LogP contribution in [0.15, 0.2) is 12.3 Å². The molecule has 1 unspecified atom stereocenters. The number of allylic oxidation sites excluding steroid dienone is 1. The largest absolute Gasteiger partial charge is 0.527 e. The molecular weight excluding hydrogens is 217 g/mol. The van der Waals surface area contributed by atoms with E-state index in [4.69, 9.17) is 4.52 Å². The highest BCUT2D eigenvalue weighted by molar-refractivity contribution is 7.47. The van der Waals surface area contributed by atoms with Gasteiger partial charge in [-0.05, 0) is 12.5 Å². The highest BCUT2D eigenvalue weighted by Gasteiger charge is 2.21. The molecular formula is C9H21NO4P+. The topological polar surface area (TPSA) is 55.8 Å². The normalized spacial score (nSPS) is 16.6. The number of hydrogen-bond donors (Lipinski definition) is 1. The lowest BCUT2D eigenvalue weighted by atomic mass is 10.5. The van der Waals surface area contributed by atoms with E-state index in [2.05, 4.69) is 4.52 Å². The zero-order valence-electron chi connectivity index (χ0n) is 9.84. The van der Waals surface area contributed by atoms with Crippen LogP contribution >= 0.6 is 7.82 Å². The molecule has 0 amide bonds. The first-order valence-electron chi connectivity index (χ1n) is 4.88. The van der Waals surface area contributed by atoms with Crippen LogP contribution in [0.25, 0.3) is 0 Å². The number of phosphoric acid groups is 1. The van der Waals surface area contributed by atoms with E-state index in [1.807, 2.05) is 28.1 Å². The van der Waals surface area contributed by atoms with Gasteiger partial charge in [-0.2, -0.15) is 0 Å². The third-order valence-electron chi connectivity index (χ3n) is 1.54. The summed E-state index contributed by atoms with van der Waals surface area (Å²) in [5, 5.41) is 0. The molecule has 0 aliphatic carbocycles. The fourth-order valence-corrected chi connectivity index (χ4v) is 1.29. The molecule has 0 spiro atoms. The van der Waals surface area contributed by atoms with Crippen LogP contribution in [0, 0.1) is 0 Å². The molecule has 0 saturated heterocycles. The van der Waals surface area contributed by atoms with Crippen LogP contribution in [-0.2, 0) is 13.6 Å². The molecule has 0 aromatic carbocycles. The molecule has 0 aliphatic rings. The SMILES string of the molecule is CC/C=C/OP(=O)(O)OCC[N+](C)(C)C. The van der Waals surface area contributed by atoms with Gasteiger partial charge >= 0.3 is 7.82 Å². The number of likely N-dealkylation sites (N-methyl/N-ethyl adjacent to an activating group) is 1. The molecule has 5 nitrogen and oxygen atoms in total. The molecule has 0 fully saturated rings. The van der Waals surface area contributed by atoms with Gasteiger partial charge in [0.25, 0.3) is 0 Å². The monoisotopic (exact) mass is 238 g/mol. The average Bonchev–Trinajstić information content (AvgIpc) is 2.01. The quantitative estimate of drug-likeness (QED) is 0.417. The van der Waals surface area contributed by atoms with Gasteiger partial charge in [0.05, 0.1) is 27.4 Å². The molecule has 15 heavy (non-hydrogen) atoms. The standard InChI is InChI=1S/C9H20NO4P/c1-5-6-8-13-15(11,12)14-9-7-10(2,3)4/h6,8H,5,7,9H2,1-4H3/p+1/b8-6+. The predicted octanol–water partition coefficient (Wildman–Crippen LogP) is 1.75. The van der Waals surface area contributed by atoms with E-state index in [0.29, 0.717) is 11.0 Å². The zero-order valence-corrected chi connectivity index (χ0v) is 10.7. The molecule has 0 aromatic rings. The third-order valence-corrected chi connectivity index (χ3v) is 2.44. The Bertz CT molecular complexity index is 247. The van der Waals surface area contributed by atoms with Crippen LogP contribution < -0.4 is 0 Å². The lowest BCUT2D eigenvalue weighted by molar-refractivity contribution is -0.870. The van der Waals surface area contributed by atoms with Gasteiger partial charge in [0.1, 0.15) is 13.2 Å². The van der Waals surface area contributed by atoms with Crippen LogP contribution in [0.5, 0.6) is 0 Å². The highest BCUT2D eigenvalue weighted by Crippen LogP contribution is 2.43. The second kappa shape index (κ2) is 6.28. The maximum Gasteiger partial charge on any atom is 0.527 e. The minimum absolute atomic E-state index is 0.192. The Labute approximate surface area is 91.5 Å². The van der Waals surface area contributed by atoms with Gasteiger partial charge in [0, 0.05) is 0 Å². The molecule has 0 rings (SSSR count). The van der Waals surface area contributed by atoms with Gasteiger partial charge in [-0.3, -0.25) is 9.42 Å². The van der Waals surface area contributed by atoms with Crippen LogP contribution in [0.3, 0.4) is 0 Å². The third kappa shape index (κ3) is 9.94. The average molecular weight is 238 g/mol. The van der Waals surface area contributed by atoms with Crippen molar-refractivity contribution in [3.8, 4) is 0 Å². The Kier molecular flexibility index (Phi) is 6.13. The van der Waals surface area contributed by atoms with Crippen molar-refractivity contribution in [3.05, 3.63) is 12.3 Å². The predicted molar refractivity (Wildman–Crippen MR) is 59.2 cm³/mol. The Hall–Kier alpha value is -0.350. The zero-order chi connectivity index (χ0) is 11.9. The summed E-state index contributed by atoms with van der Waals surface area (Å²) in [6.45, 7) is 2.74. The maximum atomic E-state index is 11.2. The second-order valence-electron chi connectivity index (χ2n) is 4.20. The summed E-state index contributed by atoms with van der Waals surface area (Å²) in [6.07, 6.45) is 3.59. The van der Waals surface area contributed by atoms with Gasteiger partial charge in [0.2, 0.25) is 0 Å². The van der Waals surface area contributed by atoms with Crippen molar-refractivity contribution in [2.24, 2.45) is 0 Å². The Balaban J connectivity index is 3.84. The van der Waals surface area contributed by atoms with Crippen LogP contribution in [0.1, 0.15) is 13.3 Å². The van der Waals surface area contributed by atoms with E-state index in [1.165, 1.54) is 6.26 Å². The molecule has 0 bridgehead atoms. The second-order valence-corrected chi connectivity index (χ2v) is 5.61. The molecule has 0 aliphatic heterocycles. The number of nitrogens with zero attached hydrogens (tertiary/aromatic N) is 1. The van der Waals surface area contributed by atoms with Crippen LogP contribution in [0.2, 0.25) is 0 Å². The summed E-state index contributed by atoms with van der Waals surface area (Å²) in [4.78, 5) is 9.19. The molecule has 1 N–H and O–H groups in total. The van der Waals surface area contributed by atoms with Gasteiger partial charge in [0.15, 0.2) is 0 Å². The summed E-state index contributed by atoms with van der Waals surface area (Å²) in [5.74, 6) is 0. The Morgan fingerprint density at radius 2 is 2.00 bits per heavy atom. The maximum absolute atomic E-state index is 11.2. The number of quaternary nitrogens is 1. The minimum atomic E-state index is -3.91. The van der Waals surface area contributed by atoms with Gasteiger partial charge in [-0.25, -0.2) is 4.57 Å². The summed E-state index contributed by atoms with van der Waals surface area (Å²) in [5.41, 5.74) is 0. The van der Waals surface area contributed by atoms with E-state index in [-0.39, 0.29) is 6.61 Å². The molecule has 0 heterocycles. The van der Waals surface area contributed by atoms with Crippen molar-refractivity contribution in [1.82, 2.24) is 0 Å². The van der Waals surface area contributed by atoms with Crippen LogP contribution in [0.4, 0.5) is 0 Å². The molecule has 0 saturated carbocycles. The lowest BCUT2D eigenvalue weighted by Gasteiger charge is -2.23. The highest BCUT2D eigenvalue weighted by atomic mass is 31.2. The van der Waals surface area contributed by atoms with E-state index >= 15 is 0 Å². The summed E-state index contributed by atoms with van der Waals surface area (Å²) in [6, 6.07) is 0. The molecule has 0 radical (unpaired) electrons. The lowest BCUT2D eigenvalue weighted by Crippen LogP contribution is -2.37. The van der Waals surface area contributed by atoms with E-state index in [0.717, 1.165) is 6.42 Å².